The first-order valence-electron chi connectivity index (χ1n) is 7.05. The molecule has 1 aliphatic carbocycles. The van der Waals surface area contributed by atoms with Gasteiger partial charge in [0.2, 0.25) is 5.91 Å². The number of hydrogen-bond donors (Lipinski definition) is 3. The van der Waals surface area contributed by atoms with Gasteiger partial charge in [-0.25, -0.2) is 9.59 Å². The van der Waals surface area contributed by atoms with Crippen LogP contribution in [0.3, 0.4) is 0 Å². The van der Waals surface area contributed by atoms with Gasteiger partial charge in [-0.15, -0.1) is 0 Å². The molecule has 1 aliphatic heterocycles. The van der Waals surface area contributed by atoms with Gasteiger partial charge < -0.3 is 20.6 Å². The Labute approximate surface area is 117 Å². The Morgan fingerprint density at radius 1 is 1.15 bits per heavy atom. The highest BCUT2D eigenvalue weighted by atomic mass is 16.4. The molecule has 0 spiro atoms. The normalized spacial score (nSPS) is 25.4. The zero-order valence-electron chi connectivity index (χ0n) is 11.6. The van der Waals surface area contributed by atoms with Gasteiger partial charge in [-0.3, -0.25) is 4.79 Å². The van der Waals surface area contributed by atoms with Crippen molar-refractivity contribution < 1.29 is 19.5 Å². The Morgan fingerprint density at radius 3 is 2.40 bits per heavy atom. The van der Waals surface area contributed by atoms with Crippen molar-refractivity contribution in [1.82, 2.24) is 15.5 Å². The molecule has 7 nitrogen and oxygen atoms in total. The standard InChI is InChI=1S/C13H21N3O4/c1-8-4-7-16(10(8)12(18)19)13(20)15-6-5-14-11(17)9-2-3-9/h8-10H,2-7H2,1H3,(H,14,17)(H,15,20)(H,18,19). The molecule has 2 fully saturated rings. The van der Waals surface area contributed by atoms with Crippen LogP contribution in [0.4, 0.5) is 4.79 Å². The largest absolute Gasteiger partial charge is 0.480 e. The molecule has 0 aromatic heterocycles. The zero-order chi connectivity index (χ0) is 14.7. The first-order chi connectivity index (χ1) is 9.50. The summed E-state index contributed by atoms with van der Waals surface area (Å²) in [7, 11) is 0. The van der Waals surface area contributed by atoms with Crippen LogP contribution in [0.15, 0.2) is 0 Å². The average molecular weight is 283 g/mol. The Morgan fingerprint density at radius 2 is 1.80 bits per heavy atom. The molecule has 2 rings (SSSR count). The number of nitrogens with zero attached hydrogens (tertiary/aromatic N) is 1. The molecule has 2 unspecified atom stereocenters. The number of likely N-dealkylation sites (tertiary alicyclic amines) is 1. The predicted molar refractivity (Wildman–Crippen MR) is 71.0 cm³/mol. The van der Waals surface area contributed by atoms with E-state index in [-0.39, 0.29) is 23.8 Å². The van der Waals surface area contributed by atoms with Crippen LogP contribution in [0.25, 0.3) is 0 Å². The smallest absolute Gasteiger partial charge is 0.326 e. The summed E-state index contributed by atoms with van der Waals surface area (Å²) in [6.45, 7) is 2.98. The van der Waals surface area contributed by atoms with Gasteiger partial charge in [0.1, 0.15) is 6.04 Å². The summed E-state index contributed by atoms with van der Waals surface area (Å²) in [5, 5.41) is 14.5. The van der Waals surface area contributed by atoms with Crippen LogP contribution in [0.1, 0.15) is 26.2 Å². The molecule has 0 aromatic rings. The summed E-state index contributed by atoms with van der Waals surface area (Å²) >= 11 is 0. The van der Waals surface area contributed by atoms with Gasteiger partial charge >= 0.3 is 12.0 Å². The third-order valence-corrected chi connectivity index (χ3v) is 3.86. The van der Waals surface area contributed by atoms with Crippen molar-refractivity contribution in [3.8, 4) is 0 Å². The van der Waals surface area contributed by atoms with Gasteiger partial charge in [0.15, 0.2) is 0 Å². The van der Waals surface area contributed by atoms with Gasteiger partial charge in [-0.1, -0.05) is 6.92 Å². The molecule has 2 atom stereocenters. The lowest BCUT2D eigenvalue weighted by atomic mass is 10.0. The predicted octanol–water partition coefficient (Wildman–Crippen LogP) is 0.0172. The minimum absolute atomic E-state index is 0.0344. The number of rotatable bonds is 5. The number of carboxylic acids is 1. The summed E-state index contributed by atoms with van der Waals surface area (Å²) in [6.07, 6.45) is 2.59. The van der Waals surface area contributed by atoms with E-state index in [1.165, 1.54) is 4.90 Å². The van der Waals surface area contributed by atoms with E-state index < -0.39 is 12.0 Å². The highest BCUT2D eigenvalue weighted by Crippen LogP contribution is 2.28. The maximum Gasteiger partial charge on any atom is 0.326 e. The quantitative estimate of drug-likeness (QED) is 0.619. The molecule has 1 heterocycles. The monoisotopic (exact) mass is 283 g/mol. The molecule has 20 heavy (non-hydrogen) atoms. The van der Waals surface area contributed by atoms with Crippen molar-refractivity contribution in [2.75, 3.05) is 19.6 Å². The number of nitrogens with one attached hydrogen (secondary N) is 2. The molecule has 112 valence electrons. The van der Waals surface area contributed by atoms with E-state index in [1.807, 2.05) is 6.92 Å². The SMILES string of the molecule is CC1CCN(C(=O)NCCNC(=O)C2CC2)C1C(=O)O. The molecule has 1 saturated carbocycles. The molecule has 2 aliphatic rings. The topological polar surface area (TPSA) is 98.7 Å². The van der Waals surface area contributed by atoms with Gasteiger partial charge in [0, 0.05) is 25.6 Å². The summed E-state index contributed by atoms with van der Waals surface area (Å²) in [4.78, 5) is 35.8. The zero-order valence-corrected chi connectivity index (χ0v) is 11.6. The Hall–Kier alpha value is -1.79. The molecule has 0 bridgehead atoms. The Bertz CT molecular complexity index is 408. The second kappa shape index (κ2) is 6.11. The van der Waals surface area contributed by atoms with Crippen molar-refractivity contribution in [1.29, 1.82) is 0 Å². The molecule has 0 radical (unpaired) electrons. The molecule has 3 N–H and O–H groups in total. The van der Waals surface area contributed by atoms with Crippen molar-refractivity contribution in [3.63, 3.8) is 0 Å². The van der Waals surface area contributed by atoms with E-state index in [4.69, 9.17) is 5.11 Å². The summed E-state index contributed by atoms with van der Waals surface area (Å²) in [5.74, 6) is -0.806. The second-order valence-electron chi connectivity index (χ2n) is 5.54. The van der Waals surface area contributed by atoms with E-state index in [9.17, 15) is 14.4 Å². The van der Waals surface area contributed by atoms with E-state index in [0.717, 1.165) is 12.8 Å². The van der Waals surface area contributed by atoms with Crippen LogP contribution < -0.4 is 10.6 Å². The first kappa shape index (κ1) is 14.6. The van der Waals surface area contributed by atoms with Crippen LogP contribution in [0.2, 0.25) is 0 Å². The van der Waals surface area contributed by atoms with Crippen LogP contribution in [-0.2, 0) is 9.59 Å². The number of carbonyl (C=O) groups excluding carboxylic acids is 2. The molecular weight excluding hydrogens is 262 g/mol. The average Bonchev–Trinajstić information content (AvgIpc) is 3.16. The maximum absolute atomic E-state index is 11.9. The number of hydrogen-bond acceptors (Lipinski definition) is 3. The van der Waals surface area contributed by atoms with Gasteiger partial charge in [0.25, 0.3) is 0 Å². The third kappa shape index (κ3) is 3.40. The number of aliphatic carboxylic acids is 1. The van der Waals surface area contributed by atoms with Crippen LogP contribution in [0.5, 0.6) is 0 Å². The Balaban J connectivity index is 1.71. The van der Waals surface area contributed by atoms with Gasteiger partial charge in [0.05, 0.1) is 0 Å². The fourth-order valence-electron chi connectivity index (χ4n) is 2.50. The van der Waals surface area contributed by atoms with E-state index in [1.54, 1.807) is 0 Å². The lowest BCUT2D eigenvalue weighted by Crippen LogP contribution is -2.49. The number of amides is 3. The highest BCUT2D eigenvalue weighted by molar-refractivity contribution is 5.83. The minimum Gasteiger partial charge on any atom is -0.480 e. The lowest BCUT2D eigenvalue weighted by molar-refractivity contribution is -0.142. The summed E-state index contributed by atoms with van der Waals surface area (Å²) < 4.78 is 0. The van der Waals surface area contributed by atoms with E-state index in [0.29, 0.717) is 26.1 Å². The fraction of sp³-hybridized carbons (Fsp3) is 0.769. The highest BCUT2D eigenvalue weighted by Gasteiger charge is 2.39. The van der Waals surface area contributed by atoms with Crippen LogP contribution >= 0.6 is 0 Å². The number of urea groups is 1. The van der Waals surface area contributed by atoms with Gasteiger partial charge in [-0.05, 0) is 25.2 Å². The summed E-state index contributed by atoms with van der Waals surface area (Å²) in [6, 6.07) is -1.13. The van der Waals surface area contributed by atoms with E-state index >= 15 is 0 Å². The van der Waals surface area contributed by atoms with Crippen LogP contribution in [-0.4, -0.2) is 53.6 Å². The Kier molecular flexibility index (Phi) is 4.46. The molecule has 1 saturated heterocycles. The molecule has 0 aromatic carbocycles. The molecular formula is C13H21N3O4. The first-order valence-corrected chi connectivity index (χ1v) is 7.05. The van der Waals surface area contributed by atoms with Gasteiger partial charge in [-0.2, -0.15) is 0 Å². The van der Waals surface area contributed by atoms with Crippen molar-refractivity contribution in [3.05, 3.63) is 0 Å². The lowest BCUT2D eigenvalue weighted by Gasteiger charge is -2.23. The molecule has 3 amide bonds. The third-order valence-electron chi connectivity index (χ3n) is 3.86. The maximum atomic E-state index is 11.9. The van der Waals surface area contributed by atoms with E-state index in [2.05, 4.69) is 10.6 Å². The van der Waals surface area contributed by atoms with Crippen molar-refractivity contribution in [2.45, 2.75) is 32.2 Å². The molecule has 7 heteroatoms. The van der Waals surface area contributed by atoms with Crippen LogP contribution in [0, 0.1) is 11.8 Å². The minimum atomic E-state index is -0.966. The number of carbonyl (C=O) groups is 3. The number of carboxylic acid groups (broad SMARTS) is 1. The fourth-order valence-corrected chi connectivity index (χ4v) is 2.50. The summed E-state index contributed by atoms with van der Waals surface area (Å²) in [5.41, 5.74) is 0. The van der Waals surface area contributed by atoms with Crippen molar-refractivity contribution >= 4 is 17.9 Å². The second-order valence-corrected chi connectivity index (χ2v) is 5.54. The van der Waals surface area contributed by atoms with Crippen molar-refractivity contribution in [2.24, 2.45) is 11.8 Å².